The van der Waals surface area contributed by atoms with E-state index in [2.05, 4.69) is 0 Å². The summed E-state index contributed by atoms with van der Waals surface area (Å²) in [4.78, 5) is 11.1. The zero-order valence-corrected chi connectivity index (χ0v) is 12.1. The molecule has 0 atom stereocenters. The second-order valence-electron chi connectivity index (χ2n) is 5.11. The molecule has 5 heteroatoms. The van der Waals surface area contributed by atoms with E-state index >= 15 is 0 Å². The molecule has 1 fully saturated rings. The maximum atomic E-state index is 11.1. The molecule has 0 saturated heterocycles. The SMILES string of the molecule is COCc1c(OC)ccc(OC)c1C1(CC(=O)O)CC1. The van der Waals surface area contributed by atoms with Crippen LogP contribution in [-0.2, 0) is 21.6 Å². The van der Waals surface area contributed by atoms with Crippen LogP contribution in [0, 0.1) is 0 Å². The van der Waals surface area contributed by atoms with Gasteiger partial charge in [-0.1, -0.05) is 0 Å². The third-order valence-corrected chi connectivity index (χ3v) is 3.83. The predicted octanol–water partition coefficient (Wildman–Crippen LogP) is 2.36. The molecule has 1 N–H and O–H groups in total. The smallest absolute Gasteiger partial charge is 0.304 e. The minimum atomic E-state index is -0.796. The van der Waals surface area contributed by atoms with E-state index in [1.54, 1.807) is 21.3 Å². The van der Waals surface area contributed by atoms with Gasteiger partial charge in [0.25, 0.3) is 0 Å². The molecule has 0 amide bonds. The molecule has 1 aromatic rings. The summed E-state index contributed by atoms with van der Waals surface area (Å²) < 4.78 is 16.1. The van der Waals surface area contributed by atoms with E-state index in [1.807, 2.05) is 12.1 Å². The Labute approximate surface area is 118 Å². The van der Waals surface area contributed by atoms with Crippen molar-refractivity contribution in [3.8, 4) is 11.5 Å². The van der Waals surface area contributed by atoms with Crippen molar-refractivity contribution in [1.29, 1.82) is 0 Å². The normalized spacial score (nSPS) is 15.8. The monoisotopic (exact) mass is 280 g/mol. The van der Waals surface area contributed by atoms with Crippen LogP contribution in [0.1, 0.15) is 30.4 Å². The van der Waals surface area contributed by atoms with E-state index in [0.717, 1.165) is 24.0 Å². The Bertz CT molecular complexity index is 505. The van der Waals surface area contributed by atoms with Gasteiger partial charge in [-0.05, 0) is 25.0 Å². The van der Waals surface area contributed by atoms with Gasteiger partial charge in [-0.2, -0.15) is 0 Å². The Balaban J connectivity index is 2.55. The van der Waals surface area contributed by atoms with Crippen molar-refractivity contribution in [2.75, 3.05) is 21.3 Å². The second-order valence-corrected chi connectivity index (χ2v) is 5.11. The molecule has 110 valence electrons. The summed E-state index contributed by atoms with van der Waals surface area (Å²) >= 11 is 0. The van der Waals surface area contributed by atoms with Gasteiger partial charge < -0.3 is 19.3 Å². The standard InChI is InChI=1S/C15H20O5/c1-18-9-10-11(19-2)4-5-12(20-3)14(10)15(6-7-15)8-13(16)17/h4-5H,6-9H2,1-3H3,(H,16,17). The molecule has 0 radical (unpaired) electrons. The molecule has 5 nitrogen and oxygen atoms in total. The molecule has 1 aliphatic carbocycles. The number of methoxy groups -OCH3 is 3. The molecule has 20 heavy (non-hydrogen) atoms. The molecule has 1 aromatic carbocycles. The quantitative estimate of drug-likeness (QED) is 0.830. The predicted molar refractivity (Wildman–Crippen MR) is 73.4 cm³/mol. The lowest BCUT2D eigenvalue weighted by atomic mass is 9.87. The van der Waals surface area contributed by atoms with Crippen molar-refractivity contribution >= 4 is 5.97 Å². The first kappa shape index (κ1) is 14.7. The summed E-state index contributed by atoms with van der Waals surface area (Å²) in [5, 5.41) is 9.16. The number of ether oxygens (including phenoxy) is 3. The van der Waals surface area contributed by atoms with Gasteiger partial charge in [0.1, 0.15) is 11.5 Å². The van der Waals surface area contributed by atoms with Crippen LogP contribution in [0.3, 0.4) is 0 Å². The van der Waals surface area contributed by atoms with E-state index in [-0.39, 0.29) is 11.8 Å². The van der Waals surface area contributed by atoms with E-state index in [4.69, 9.17) is 19.3 Å². The van der Waals surface area contributed by atoms with E-state index in [1.165, 1.54) is 0 Å². The summed E-state index contributed by atoms with van der Waals surface area (Å²) in [6.07, 6.45) is 1.80. The first-order valence-electron chi connectivity index (χ1n) is 6.53. The number of carboxylic acid groups (broad SMARTS) is 1. The average molecular weight is 280 g/mol. The summed E-state index contributed by atoms with van der Waals surface area (Å²) in [7, 11) is 4.81. The zero-order chi connectivity index (χ0) is 14.8. The fourth-order valence-corrected chi connectivity index (χ4v) is 2.79. The molecule has 0 heterocycles. The van der Waals surface area contributed by atoms with Gasteiger partial charge in [0, 0.05) is 23.7 Å². The van der Waals surface area contributed by atoms with Gasteiger partial charge in [0.15, 0.2) is 0 Å². The number of hydrogen-bond donors (Lipinski definition) is 1. The summed E-state index contributed by atoms with van der Waals surface area (Å²) in [6, 6.07) is 3.66. The van der Waals surface area contributed by atoms with Gasteiger partial charge in [0.2, 0.25) is 0 Å². The Hall–Kier alpha value is -1.75. The van der Waals surface area contributed by atoms with Crippen molar-refractivity contribution in [2.24, 2.45) is 0 Å². The van der Waals surface area contributed by atoms with E-state index < -0.39 is 5.97 Å². The van der Waals surface area contributed by atoms with Crippen molar-refractivity contribution in [3.05, 3.63) is 23.3 Å². The number of carboxylic acids is 1. The maximum Gasteiger partial charge on any atom is 0.304 e. The fraction of sp³-hybridized carbons (Fsp3) is 0.533. The molecule has 1 saturated carbocycles. The molecular formula is C15H20O5. The van der Waals surface area contributed by atoms with Gasteiger partial charge in [0.05, 0.1) is 27.2 Å². The van der Waals surface area contributed by atoms with Crippen molar-refractivity contribution < 1.29 is 24.1 Å². The third kappa shape index (κ3) is 2.58. The lowest BCUT2D eigenvalue weighted by Crippen LogP contribution is -2.17. The second kappa shape index (κ2) is 5.71. The lowest BCUT2D eigenvalue weighted by molar-refractivity contribution is -0.137. The molecular weight excluding hydrogens is 260 g/mol. The number of carbonyl (C=O) groups is 1. The molecule has 1 aliphatic rings. The number of rotatable bonds is 7. The highest BCUT2D eigenvalue weighted by Crippen LogP contribution is 2.56. The first-order chi connectivity index (χ1) is 9.57. The first-order valence-corrected chi connectivity index (χ1v) is 6.53. The topological polar surface area (TPSA) is 65.0 Å². The number of benzene rings is 1. The summed E-state index contributed by atoms with van der Waals surface area (Å²) in [5.41, 5.74) is 1.45. The van der Waals surface area contributed by atoms with Crippen molar-refractivity contribution in [2.45, 2.75) is 31.3 Å². The number of hydrogen-bond acceptors (Lipinski definition) is 4. The zero-order valence-electron chi connectivity index (χ0n) is 12.1. The summed E-state index contributed by atoms with van der Waals surface area (Å²) in [5.74, 6) is 0.617. The minimum Gasteiger partial charge on any atom is -0.496 e. The highest BCUT2D eigenvalue weighted by molar-refractivity contribution is 5.71. The fourth-order valence-electron chi connectivity index (χ4n) is 2.79. The third-order valence-electron chi connectivity index (χ3n) is 3.83. The molecule has 0 unspecified atom stereocenters. The van der Waals surface area contributed by atoms with Crippen LogP contribution in [0.4, 0.5) is 0 Å². The summed E-state index contributed by atoms with van der Waals surface area (Å²) in [6.45, 7) is 0.372. The van der Waals surface area contributed by atoms with Crippen LogP contribution in [0.5, 0.6) is 11.5 Å². The Kier molecular flexibility index (Phi) is 4.18. The minimum absolute atomic E-state index is 0.104. The van der Waals surface area contributed by atoms with Crippen molar-refractivity contribution in [3.63, 3.8) is 0 Å². The average Bonchev–Trinajstić information content (AvgIpc) is 3.18. The van der Waals surface area contributed by atoms with Gasteiger partial charge >= 0.3 is 5.97 Å². The van der Waals surface area contributed by atoms with E-state index in [9.17, 15) is 4.79 Å². The molecule has 0 bridgehead atoms. The van der Waals surface area contributed by atoms with Gasteiger partial charge in [-0.3, -0.25) is 4.79 Å². The number of aliphatic carboxylic acids is 1. The molecule has 0 aromatic heterocycles. The van der Waals surface area contributed by atoms with Crippen LogP contribution in [-0.4, -0.2) is 32.4 Å². The van der Waals surface area contributed by atoms with Crippen LogP contribution in [0.15, 0.2) is 12.1 Å². The highest BCUT2D eigenvalue weighted by Gasteiger charge is 2.49. The van der Waals surface area contributed by atoms with Crippen LogP contribution >= 0.6 is 0 Å². The Morgan fingerprint density at radius 1 is 1.20 bits per heavy atom. The van der Waals surface area contributed by atoms with Gasteiger partial charge in [-0.15, -0.1) is 0 Å². The van der Waals surface area contributed by atoms with Crippen molar-refractivity contribution in [1.82, 2.24) is 0 Å². The highest BCUT2D eigenvalue weighted by atomic mass is 16.5. The molecule has 2 rings (SSSR count). The largest absolute Gasteiger partial charge is 0.496 e. The lowest BCUT2D eigenvalue weighted by Gasteiger charge is -2.23. The van der Waals surface area contributed by atoms with Crippen LogP contribution in [0.2, 0.25) is 0 Å². The van der Waals surface area contributed by atoms with Gasteiger partial charge in [-0.25, -0.2) is 0 Å². The Morgan fingerprint density at radius 2 is 1.80 bits per heavy atom. The Morgan fingerprint density at radius 3 is 2.25 bits per heavy atom. The molecule has 0 spiro atoms. The van der Waals surface area contributed by atoms with Crippen LogP contribution < -0.4 is 9.47 Å². The van der Waals surface area contributed by atoms with Crippen LogP contribution in [0.25, 0.3) is 0 Å². The van der Waals surface area contributed by atoms with E-state index in [0.29, 0.717) is 18.1 Å². The molecule has 0 aliphatic heterocycles. The maximum absolute atomic E-state index is 11.1.